The highest BCUT2D eigenvalue weighted by molar-refractivity contribution is 7.47. The van der Waals surface area contributed by atoms with Gasteiger partial charge in [-0.25, -0.2) is 29.1 Å². The van der Waals surface area contributed by atoms with Crippen LogP contribution < -0.4 is 5.73 Å². The van der Waals surface area contributed by atoms with E-state index in [2.05, 4.69) is 19.9 Å². The van der Waals surface area contributed by atoms with Gasteiger partial charge in [0.05, 0.1) is 19.5 Å². The van der Waals surface area contributed by atoms with Crippen LogP contribution in [0.15, 0.2) is 18.9 Å². The lowest BCUT2D eigenvalue weighted by Crippen LogP contribution is -2.35. The second-order valence-electron chi connectivity index (χ2n) is 7.27. The largest absolute Gasteiger partial charge is 0.472 e. The number of ether oxygens (including phenoxy) is 1. The van der Waals surface area contributed by atoms with Gasteiger partial charge in [-0.2, -0.15) is 0 Å². The highest BCUT2D eigenvalue weighted by Gasteiger charge is 2.49. The molecule has 4 heterocycles. The summed E-state index contributed by atoms with van der Waals surface area (Å²) in [7, 11) is -4.79. The molecule has 18 heteroatoms. The molecule has 0 radical (unpaired) electrons. The fourth-order valence-electron chi connectivity index (χ4n) is 3.59. The molecule has 0 bridgehead atoms. The van der Waals surface area contributed by atoms with Crippen LogP contribution in [0.4, 0.5) is 11.6 Å². The third-order valence-electron chi connectivity index (χ3n) is 5.20. The summed E-state index contributed by atoms with van der Waals surface area (Å²) in [6, 6.07) is 0. The summed E-state index contributed by atoms with van der Waals surface area (Å²) in [5.41, 5.74) is 6.24. The summed E-state index contributed by atoms with van der Waals surface area (Å²) in [6.07, 6.45) is -1.85. The Morgan fingerprint density at radius 3 is 2.82 bits per heavy atom. The van der Waals surface area contributed by atoms with Crippen molar-refractivity contribution in [2.24, 2.45) is 0 Å². The molecule has 5 N–H and O–H groups in total. The van der Waals surface area contributed by atoms with E-state index in [-0.39, 0.29) is 29.3 Å². The lowest BCUT2D eigenvalue weighted by atomic mass is 10.1. The van der Waals surface area contributed by atoms with Crippen molar-refractivity contribution in [3.63, 3.8) is 0 Å². The number of rotatable bonds is 9. The molecule has 17 nitrogen and oxygen atoms in total. The predicted octanol–water partition coefficient (Wildman–Crippen LogP) is -0.725. The van der Waals surface area contributed by atoms with Crippen molar-refractivity contribution in [2.45, 2.75) is 38.0 Å². The number of aliphatic hydroxyl groups excluding tert-OH is 2. The van der Waals surface area contributed by atoms with Gasteiger partial charge in [0.2, 0.25) is 0 Å². The van der Waals surface area contributed by atoms with Crippen molar-refractivity contribution in [1.82, 2.24) is 29.1 Å². The topological polar surface area (TPSA) is 236 Å². The van der Waals surface area contributed by atoms with Crippen molar-refractivity contribution in [1.29, 1.82) is 0 Å². The van der Waals surface area contributed by atoms with Gasteiger partial charge in [-0.3, -0.25) is 13.6 Å². The Balaban J connectivity index is 1.45. The minimum absolute atomic E-state index is 0.101. The molecule has 1 aliphatic rings. The summed E-state index contributed by atoms with van der Waals surface area (Å²) in [5.74, 6) is 0.0998. The second kappa shape index (κ2) is 9.30. The first-order valence-corrected chi connectivity index (χ1v) is 11.3. The van der Waals surface area contributed by atoms with Crippen LogP contribution in [-0.2, 0) is 24.9 Å². The quantitative estimate of drug-likeness (QED) is 0.161. The number of nitro groups is 1. The monoisotopic (exact) mass is 500 g/mol. The number of nitrogen functional groups attached to an aromatic ring is 1. The molecule has 0 amide bonds. The van der Waals surface area contributed by atoms with Gasteiger partial charge in [-0.1, -0.05) is 0 Å². The zero-order valence-electron chi connectivity index (χ0n) is 17.6. The molecule has 34 heavy (non-hydrogen) atoms. The number of phosphoric ester groups is 1. The molecule has 0 spiro atoms. The Bertz CT molecular complexity index is 1250. The van der Waals surface area contributed by atoms with Crippen LogP contribution in [-0.4, -0.2) is 80.6 Å². The molecule has 3 aromatic rings. The van der Waals surface area contributed by atoms with Gasteiger partial charge < -0.3 is 35.7 Å². The zero-order valence-corrected chi connectivity index (χ0v) is 18.5. The molecular weight excluding hydrogens is 479 g/mol. The smallest absolute Gasteiger partial charge is 0.394 e. The molecule has 4 rings (SSSR count). The van der Waals surface area contributed by atoms with Crippen molar-refractivity contribution in [3.05, 3.63) is 34.8 Å². The Morgan fingerprint density at radius 2 is 2.12 bits per heavy atom. The Kier molecular flexibility index (Phi) is 6.59. The van der Waals surface area contributed by atoms with Gasteiger partial charge >= 0.3 is 13.6 Å². The van der Waals surface area contributed by atoms with Gasteiger partial charge in [0.15, 0.2) is 23.5 Å². The van der Waals surface area contributed by atoms with E-state index >= 15 is 0 Å². The lowest BCUT2D eigenvalue weighted by molar-refractivity contribution is -0.392. The van der Waals surface area contributed by atoms with Gasteiger partial charge in [0.1, 0.15) is 42.9 Å². The zero-order chi connectivity index (χ0) is 24.6. The van der Waals surface area contributed by atoms with Crippen LogP contribution in [0.3, 0.4) is 0 Å². The van der Waals surface area contributed by atoms with E-state index in [9.17, 15) is 29.8 Å². The van der Waals surface area contributed by atoms with E-state index < -0.39 is 50.5 Å². The second-order valence-corrected chi connectivity index (χ2v) is 8.67. The maximum Gasteiger partial charge on any atom is 0.472 e. The molecule has 1 unspecified atom stereocenters. The normalized spacial score (nSPS) is 24.5. The van der Waals surface area contributed by atoms with Crippen molar-refractivity contribution >= 4 is 30.6 Å². The number of anilines is 1. The number of phosphoric acid groups is 1. The predicted molar refractivity (Wildman–Crippen MR) is 111 cm³/mol. The number of nitrogens with zero attached hydrogens (tertiary/aromatic N) is 7. The number of aliphatic hydroxyl groups is 2. The molecule has 5 atom stereocenters. The van der Waals surface area contributed by atoms with Gasteiger partial charge in [-0.15, -0.1) is 0 Å². The van der Waals surface area contributed by atoms with Gasteiger partial charge in [0.25, 0.3) is 0 Å². The Morgan fingerprint density at radius 1 is 1.35 bits per heavy atom. The van der Waals surface area contributed by atoms with Crippen LogP contribution >= 0.6 is 7.82 Å². The van der Waals surface area contributed by atoms with Crippen LogP contribution in [0.5, 0.6) is 0 Å². The maximum atomic E-state index is 12.5. The summed E-state index contributed by atoms with van der Waals surface area (Å²) in [6.45, 7) is 0.278. The fourth-order valence-corrected chi connectivity index (χ4v) is 4.53. The average Bonchev–Trinajstić information content (AvgIpc) is 3.45. The van der Waals surface area contributed by atoms with E-state index in [4.69, 9.17) is 19.5 Å². The standard InChI is InChI=1S/C16H21N8O9P/c1-8-18-4-10(24(27)28)22(8)2-3-31-34(29,30)33-13-9(5-25)32-16(12(13)26)23-7-21-11-14(17)19-6-20-15(11)23/h4,6-7,9,12-13,16,25-26H,2-3,5H2,1H3,(H,29,30)(H2,17,19,20)/t9-,12-,13-,16-/m1/s1. The molecule has 1 aliphatic heterocycles. The van der Waals surface area contributed by atoms with Crippen LogP contribution in [0, 0.1) is 17.0 Å². The number of aromatic nitrogens is 6. The summed E-state index contributed by atoms with van der Waals surface area (Å²) in [5, 5.41) is 31.5. The summed E-state index contributed by atoms with van der Waals surface area (Å²) in [4.78, 5) is 36.3. The molecule has 3 aromatic heterocycles. The minimum atomic E-state index is -4.79. The van der Waals surface area contributed by atoms with Gasteiger partial charge in [0, 0.05) is 6.92 Å². The first kappa shape index (κ1) is 24.1. The van der Waals surface area contributed by atoms with E-state index in [1.54, 1.807) is 0 Å². The van der Waals surface area contributed by atoms with Crippen molar-refractivity contribution < 1.29 is 38.4 Å². The highest BCUT2D eigenvalue weighted by Crippen LogP contribution is 2.48. The highest BCUT2D eigenvalue weighted by atomic mass is 31.2. The third kappa shape index (κ3) is 4.49. The minimum Gasteiger partial charge on any atom is -0.394 e. The fraction of sp³-hybridized carbons (Fsp3) is 0.500. The molecule has 184 valence electrons. The molecular formula is C16H21N8O9P. The van der Waals surface area contributed by atoms with E-state index in [0.29, 0.717) is 5.82 Å². The average molecular weight is 500 g/mol. The number of imidazole rings is 2. The van der Waals surface area contributed by atoms with Gasteiger partial charge in [-0.05, 0) is 4.92 Å². The molecule has 1 fully saturated rings. The van der Waals surface area contributed by atoms with E-state index in [0.717, 1.165) is 6.20 Å². The molecule has 1 saturated heterocycles. The summed E-state index contributed by atoms with van der Waals surface area (Å²) >= 11 is 0. The number of aryl methyl sites for hydroxylation is 1. The molecule has 0 aromatic carbocycles. The summed E-state index contributed by atoms with van der Waals surface area (Å²) < 4.78 is 30.7. The number of nitrogens with two attached hydrogens (primary N) is 1. The molecule has 0 aliphatic carbocycles. The number of fused-ring (bicyclic) bond motifs is 1. The SMILES string of the molecule is Cc1ncc([N+](=O)[O-])n1CCOP(=O)(O)O[C@H]1[C@@H](O)[C@H](n2cnc3c(N)ncnc32)O[C@@H]1CO. The molecule has 0 saturated carbocycles. The number of hydrogen-bond donors (Lipinski definition) is 4. The van der Waals surface area contributed by atoms with Crippen LogP contribution in [0.1, 0.15) is 12.1 Å². The van der Waals surface area contributed by atoms with Crippen LogP contribution in [0.25, 0.3) is 11.2 Å². The van der Waals surface area contributed by atoms with Crippen LogP contribution in [0.2, 0.25) is 0 Å². The maximum absolute atomic E-state index is 12.5. The third-order valence-corrected chi connectivity index (χ3v) is 6.21. The Hall–Kier alpha value is -3.05. The first-order valence-electron chi connectivity index (χ1n) is 9.82. The first-order chi connectivity index (χ1) is 16.1. The van der Waals surface area contributed by atoms with Crippen molar-refractivity contribution in [3.8, 4) is 0 Å². The van der Waals surface area contributed by atoms with E-state index in [1.165, 1.54) is 28.7 Å². The van der Waals surface area contributed by atoms with E-state index in [1.807, 2.05) is 0 Å². The van der Waals surface area contributed by atoms with Crippen molar-refractivity contribution in [2.75, 3.05) is 18.9 Å². The Labute approximate surface area is 190 Å². The number of hydrogen-bond acceptors (Lipinski definition) is 13. The lowest BCUT2D eigenvalue weighted by Gasteiger charge is -2.22.